The Kier molecular flexibility index (Phi) is 4.05. The van der Waals surface area contributed by atoms with Crippen molar-refractivity contribution in [3.8, 4) is 0 Å². The summed E-state index contributed by atoms with van der Waals surface area (Å²) < 4.78 is 36.5. The minimum atomic E-state index is -4.26. The molecule has 0 saturated carbocycles. The number of halogens is 3. The average Bonchev–Trinajstić information content (AvgIpc) is 2.18. The first-order valence-electron chi connectivity index (χ1n) is 5.21. The van der Waals surface area contributed by atoms with Gasteiger partial charge in [0.15, 0.2) is 0 Å². The van der Waals surface area contributed by atoms with Crippen LogP contribution in [0.1, 0.15) is 23.7 Å². The van der Waals surface area contributed by atoms with Gasteiger partial charge in [0.25, 0.3) is 0 Å². The van der Waals surface area contributed by atoms with Gasteiger partial charge in [-0.25, -0.2) is 0 Å². The summed E-state index contributed by atoms with van der Waals surface area (Å²) in [7, 11) is 0. The molecule has 0 heterocycles. The van der Waals surface area contributed by atoms with Gasteiger partial charge < -0.3 is 16.8 Å². The lowest BCUT2D eigenvalue weighted by Crippen LogP contribution is -2.24. The molecule has 0 fully saturated rings. The van der Waals surface area contributed by atoms with Crippen molar-refractivity contribution < 1.29 is 18.0 Å². The molecule has 0 saturated heterocycles. The van der Waals surface area contributed by atoms with Gasteiger partial charge in [0.2, 0.25) is 5.91 Å². The molecule has 0 spiro atoms. The van der Waals surface area contributed by atoms with Gasteiger partial charge in [-0.3, -0.25) is 4.79 Å². The number of anilines is 2. The largest absolute Gasteiger partial charge is 0.397 e. The normalized spacial score (nSPS) is 13.1. The van der Waals surface area contributed by atoms with E-state index >= 15 is 0 Å². The van der Waals surface area contributed by atoms with E-state index < -0.39 is 24.5 Å². The highest BCUT2D eigenvalue weighted by Crippen LogP contribution is 2.26. The number of carbonyl (C=O) groups excluding carboxylic acids is 1. The molecule has 0 aliphatic rings. The molecule has 0 aliphatic heterocycles. The summed E-state index contributed by atoms with van der Waals surface area (Å²) in [6.45, 7) is 1.38. The molecule has 7 heteroatoms. The van der Waals surface area contributed by atoms with Crippen LogP contribution in [-0.4, -0.2) is 18.1 Å². The van der Waals surface area contributed by atoms with E-state index in [9.17, 15) is 18.0 Å². The number of amides is 1. The summed E-state index contributed by atoms with van der Waals surface area (Å²) in [4.78, 5) is 11.0. The first kappa shape index (κ1) is 14.1. The Morgan fingerprint density at radius 3 is 2.56 bits per heavy atom. The van der Waals surface area contributed by atoms with E-state index in [2.05, 4.69) is 5.32 Å². The van der Waals surface area contributed by atoms with Crippen LogP contribution in [0.3, 0.4) is 0 Å². The fourth-order valence-corrected chi connectivity index (χ4v) is 1.50. The van der Waals surface area contributed by atoms with Crippen molar-refractivity contribution in [2.24, 2.45) is 5.73 Å². The predicted octanol–water partition coefficient (Wildman–Crippen LogP) is 2.12. The number of rotatable bonds is 4. The van der Waals surface area contributed by atoms with E-state index in [-0.39, 0.29) is 16.9 Å². The molecule has 1 aromatic carbocycles. The van der Waals surface area contributed by atoms with Crippen LogP contribution in [0, 0.1) is 0 Å². The Balaban J connectivity index is 2.83. The summed E-state index contributed by atoms with van der Waals surface area (Å²) in [5.74, 6) is -0.665. The summed E-state index contributed by atoms with van der Waals surface area (Å²) in [6, 6.07) is 3.32. The standard InChI is InChI=1S/C11H14F3N3O/c1-6(5-11(12,13)14)17-9-4-7(10(16)18)2-3-8(9)15/h2-4,6,17H,5,15H2,1H3,(H2,16,18). The molecular weight excluding hydrogens is 247 g/mol. The van der Waals surface area contributed by atoms with E-state index in [0.717, 1.165) is 0 Å². The van der Waals surface area contributed by atoms with Crippen LogP contribution < -0.4 is 16.8 Å². The van der Waals surface area contributed by atoms with Crippen molar-refractivity contribution in [3.63, 3.8) is 0 Å². The molecule has 1 amide bonds. The lowest BCUT2D eigenvalue weighted by Gasteiger charge is -2.18. The zero-order chi connectivity index (χ0) is 13.9. The van der Waals surface area contributed by atoms with Gasteiger partial charge in [-0.15, -0.1) is 0 Å². The van der Waals surface area contributed by atoms with Gasteiger partial charge in [-0.1, -0.05) is 0 Å². The Morgan fingerprint density at radius 2 is 2.06 bits per heavy atom. The quantitative estimate of drug-likeness (QED) is 0.726. The highest BCUT2D eigenvalue weighted by Gasteiger charge is 2.30. The molecule has 1 unspecified atom stereocenters. The SMILES string of the molecule is CC(CC(F)(F)F)Nc1cc(C(N)=O)ccc1N. The zero-order valence-electron chi connectivity index (χ0n) is 9.71. The molecular formula is C11H14F3N3O. The van der Waals surface area contributed by atoms with Crippen LogP contribution in [-0.2, 0) is 0 Å². The number of alkyl halides is 3. The van der Waals surface area contributed by atoms with Gasteiger partial charge in [-0.05, 0) is 25.1 Å². The maximum Gasteiger partial charge on any atom is 0.391 e. The predicted molar refractivity (Wildman–Crippen MR) is 63.1 cm³/mol. The number of carbonyl (C=O) groups is 1. The van der Waals surface area contributed by atoms with Crippen molar-refractivity contribution in [1.82, 2.24) is 0 Å². The number of nitrogens with one attached hydrogen (secondary N) is 1. The van der Waals surface area contributed by atoms with E-state index in [1.54, 1.807) is 0 Å². The first-order chi connectivity index (χ1) is 8.19. The molecule has 1 rings (SSSR count). The zero-order valence-corrected chi connectivity index (χ0v) is 9.71. The van der Waals surface area contributed by atoms with Gasteiger partial charge >= 0.3 is 6.18 Å². The molecule has 1 atom stereocenters. The minimum absolute atomic E-state index is 0.186. The first-order valence-corrected chi connectivity index (χ1v) is 5.21. The maximum atomic E-state index is 12.2. The molecule has 0 aromatic heterocycles. The molecule has 4 nitrogen and oxygen atoms in total. The second-order valence-corrected chi connectivity index (χ2v) is 4.03. The Hall–Kier alpha value is -1.92. The third-order valence-corrected chi connectivity index (χ3v) is 2.28. The van der Waals surface area contributed by atoms with Crippen molar-refractivity contribution >= 4 is 17.3 Å². The third kappa shape index (κ3) is 4.15. The number of benzene rings is 1. The molecule has 5 N–H and O–H groups in total. The van der Waals surface area contributed by atoms with E-state index in [4.69, 9.17) is 11.5 Å². The molecule has 0 radical (unpaired) electrons. The Morgan fingerprint density at radius 1 is 1.44 bits per heavy atom. The van der Waals surface area contributed by atoms with Gasteiger partial charge in [-0.2, -0.15) is 13.2 Å². The van der Waals surface area contributed by atoms with Crippen LogP contribution in [0.5, 0.6) is 0 Å². The van der Waals surface area contributed by atoms with Crippen molar-refractivity contribution in [2.75, 3.05) is 11.1 Å². The lowest BCUT2D eigenvalue weighted by atomic mass is 10.1. The summed E-state index contributed by atoms with van der Waals surface area (Å²) in [5, 5.41) is 2.61. The smallest absolute Gasteiger partial charge is 0.391 e. The fraction of sp³-hybridized carbons (Fsp3) is 0.364. The number of primary amides is 1. The molecule has 100 valence electrons. The minimum Gasteiger partial charge on any atom is -0.397 e. The number of nitrogens with two attached hydrogens (primary N) is 2. The second-order valence-electron chi connectivity index (χ2n) is 4.03. The fourth-order valence-electron chi connectivity index (χ4n) is 1.50. The van der Waals surface area contributed by atoms with Crippen LogP contribution in [0.4, 0.5) is 24.5 Å². The van der Waals surface area contributed by atoms with Crippen molar-refractivity contribution in [3.05, 3.63) is 23.8 Å². The van der Waals surface area contributed by atoms with Crippen LogP contribution in [0.2, 0.25) is 0 Å². The van der Waals surface area contributed by atoms with Crippen molar-refractivity contribution in [2.45, 2.75) is 25.6 Å². The summed E-state index contributed by atoms with van der Waals surface area (Å²) in [6.07, 6.45) is -5.25. The van der Waals surface area contributed by atoms with Gasteiger partial charge in [0.05, 0.1) is 17.8 Å². The molecule has 1 aromatic rings. The Bertz CT molecular complexity index is 446. The van der Waals surface area contributed by atoms with Crippen LogP contribution in [0.25, 0.3) is 0 Å². The van der Waals surface area contributed by atoms with E-state index in [0.29, 0.717) is 0 Å². The average molecular weight is 261 g/mol. The van der Waals surface area contributed by atoms with Gasteiger partial charge in [0.1, 0.15) is 0 Å². The van der Waals surface area contributed by atoms with Crippen LogP contribution in [0.15, 0.2) is 18.2 Å². The highest BCUT2D eigenvalue weighted by atomic mass is 19.4. The second kappa shape index (κ2) is 5.16. The van der Waals surface area contributed by atoms with Crippen molar-refractivity contribution in [1.29, 1.82) is 0 Å². The molecule has 0 aliphatic carbocycles. The van der Waals surface area contributed by atoms with Crippen LogP contribution >= 0.6 is 0 Å². The van der Waals surface area contributed by atoms with Gasteiger partial charge in [0, 0.05) is 11.6 Å². The molecule has 18 heavy (non-hydrogen) atoms. The topological polar surface area (TPSA) is 81.1 Å². The summed E-state index contributed by atoms with van der Waals surface area (Å²) in [5.41, 5.74) is 11.4. The monoisotopic (exact) mass is 261 g/mol. The van der Waals surface area contributed by atoms with E-state index in [1.807, 2.05) is 0 Å². The number of hydrogen-bond donors (Lipinski definition) is 3. The maximum absolute atomic E-state index is 12.2. The lowest BCUT2D eigenvalue weighted by molar-refractivity contribution is -0.136. The summed E-state index contributed by atoms with van der Waals surface area (Å²) >= 11 is 0. The number of hydrogen-bond acceptors (Lipinski definition) is 3. The third-order valence-electron chi connectivity index (χ3n) is 2.28. The highest BCUT2D eigenvalue weighted by molar-refractivity contribution is 5.94. The van der Waals surface area contributed by atoms with E-state index in [1.165, 1.54) is 25.1 Å². The molecule has 0 bridgehead atoms. The Labute approximate surface area is 102 Å². The number of nitrogen functional groups attached to an aromatic ring is 1.